The normalized spacial score (nSPS) is 10.5. The van der Waals surface area contributed by atoms with Crippen molar-refractivity contribution in [1.29, 1.82) is 0 Å². The Bertz CT molecular complexity index is 595. The van der Waals surface area contributed by atoms with E-state index in [0.29, 0.717) is 13.2 Å². The fraction of sp³-hybridized carbons (Fsp3) is 0.316. The van der Waals surface area contributed by atoms with Crippen LogP contribution in [0.25, 0.3) is 0 Å². The van der Waals surface area contributed by atoms with E-state index in [9.17, 15) is 4.79 Å². The van der Waals surface area contributed by atoms with Crippen molar-refractivity contribution in [2.24, 2.45) is 0 Å². The van der Waals surface area contributed by atoms with E-state index < -0.39 is 0 Å². The van der Waals surface area contributed by atoms with Crippen LogP contribution in [0.2, 0.25) is 0 Å². The number of nitrogens with zero attached hydrogens (tertiary/aromatic N) is 1. The van der Waals surface area contributed by atoms with Gasteiger partial charge in [-0.05, 0) is 30.9 Å². The summed E-state index contributed by atoms with van der Waals surface area (Å²) >= 11 is 0. The molecule has 3 nitrogen and oxygen atoms in total. The van der Waals surface area contributed by atoms with Crippen molar-refractivity contribution in [3.8, 4) is 0 Å². The van der Waals surface area contributed by atoms with E-state index in [1.165, 1.54) is 23.1 Å². The zero-order valence-electron chi connectivity index (χ0n) is 13.3. The molecule has 0 aliphatic heterocycles. The van der Waals surface area contributed by atoms with Gasteiger partial charge in [-0.2, -0.15) is 0 Å². The van der Waals surface area contributed by atoms with Crippen LogP contribution in [0.3, 0.4) is 0 Å². The number of benzene rings is 2. The fourth-order valence-corrected chi connectivity index (χ4v) is 2.32. The van der Waals surface area contributed by atoms with Crippen LogP contribution in [0.1, 0.15) is 30.0 Å². The van der Waals surface area contributed by atoms with E-state index >= 15 is 0 Å². The van der Waals surface area contributed by atoms with Crippen LogP contribution in [-0.2, 0) is 22.6 Å². The summed E-state index contributed by atoms with van der Waals surface area (Å²) in [7, 11) is 0. The molecule has 0 spiro atoms. The first-order valence-corrected chi connectivity index (χ1v) is 7.65. The van der Waals surface area contributed by atoms with Gasteiger partial charge in [0.15, 0.2) is 0 Å². The molecular formula is C19H23NO2. The molecule has 22 heavy (non-hydrogen) atoms. The van der Waals surface area contributed by atoms with E-state index in [0.717, 1.165) is 18.4 Å². The smallest absolute Gasteiger partial charge is 0.243 e. The van der Waals surface area contributed by atoms with Gasteiger partial charge in [0.05, 0.1) is 13.2 Å². The minimum absolute atomic E-state index is 0.0683. The summed E-state index contributed by atoms with van der Waals surface area (Å²) in [6, 6.07) is 18.4. The Hall–Kier alpha value is -2.13. The van der Waals surface area contributed by atoms with Crippen LogP contribution in [0.5, 0.6) is 0 Å². The van der Waals surface area contributed by atoms with E-state index in [-0.39, 0.29) is 5.91 Å². The number of hydrogen-bond donors (Lipinski definition) is 0. The lowest BCUT2D eigenvalue weighted by molar-refractivity contribution is -0.188. The van der Waals surface area contributed by atoms with Gasteiger partial charge < -0.3 is 0 Å². The molecule has 0 fully saturated rings. The lowest BCUT2D eigenvalue weighted by Crippen LogP contribution is -2.29. The SMILES string of the molecule is CC(=O)N(Cc1cccc(C)c1)OCCCc1ccccc1. The largest absolute Gasteiger partial charge is 0.273 e. The van der Waals surface area contributed by atoms with E-state index in [1.807, 2.05) is 43.3 Å². The molecule has 2 rings (SSSR count). The van der Waals surface area contributed by atoms with Crippen molar-refractivity contribution < 1.29 is 9.63 Å². The Morgan fingerprint density at radius 3 is 2.45 bits per heavy atom. The third kappa shape index (κ3) is 5.34. The highest BCUT2D eigenvalue weighted by Gasteiger charge is 2.10. The molecule has 0 unspecified atom stereocenters. The Kier molecular flexibility index (Phi) is 6.16. The molecule has 0 aliphatic carbocycles. The summed E-state index contributed by atoms with van der Waals surface area (Å²) in [6.45, 7) is 4.61. The molecule has 0 aromatic heterocycles. The highest BCUT2D eigenvalue weighted by atomic mass is 16.7. The first-order chi connectivity index (χ1) is 10.6. The number of amides is 1. The molecule has 0 atom stereocenters. The van der Waals surface area contributed by atoms with Gasteiger partial charge in [0.1, 0.15) is 0 Å². The number of carbonyl (C=O) groups is 1. The van der Waals surface area contributed by atoms with Gasteiger partial charge in [-0.15, -0.1) is 0 Å². The third-order valence-corrected chi connectivity index (χ3v) is 3.46. The fourth-order valence-electron chi connectivity index (χ4n) is 2.32. The van der Waals surface area contributed by atoms with Crippen LogP contribution in [0.4, 0.5) is 0 Å². The molecule has 0 saturated heterocycles. The minimum Gasteiger partial charge on any atom is -0.273 e. The van der Waals surface area contributed by atoms with Crippen LogP contribution in [-0.4, -0.2) is 17.6 Å². The van der Waals surface area contributed by atoms with E-state index in [2.05, 4.69) is 18.2 Å². The number of rotatable bonds is 7. The maximum absolute atomic E-state index is 11.7. The molecule has 116 valence electrons. The molecule has 0 bridgehead atoms. The maximum Gasteiger partial charge on any atom is 0.243 e. The summed E-state index contributed by atoms with van der Waals surface area (Å²) in [5, 5.41) is 1.44. The minimum atomic E-state index is -0.0683. The van der Waals surface area contributed by atoms with Gasteiger partial charge in [-0.3, -0.25) is 9.63 Å². The van der Waals surface area contributed by atoms with Gasteiger partial charge in [0, 0.05) is 6.92 Å². The zero-order chi connectivity index (χ0) is 15.8. The van der Waals surface area contributed by atoms with E-state index in [4.69, 9.17) is 4.84 Å². The first-order valence-electron chi connectivity index (χ1n) is 7.65. The number of carbonyl (C=O) groups excluding carboxylic acids is 1. The van der Waals surface area contributed by atoms with Gasteiger partial charge >= 0.3 is 0 Å². The summed E-state index contributed by atoms with van der Waals surface area (Å²) in [5.74, 6) is -0.0683. The van der Waals surface area contributed by atoms with Gasteiger partial charge in [-0.25, -0.2) is 5.06 Å². The molecule has 3 heteroatoms. The Morgan fingerprint density at radius 1 is 1.05 bits per heavy atom. The van der Waals surface area contributed by atoms with Crippen LogP contribution >= 0.6 is 0 Å². The number of hydroxylamine groups is 2. The summed E-state index contributed by atoms with van der Waals surface area (Å²) in [4.78, 5) is 17.4. The van der Waals surface area contributed by atoms with Crippen molar-refractivity contribution in [2.75, 3.05) is 6.61 Å². The van der Waals surface area contributed by atoms with Crippen LogP contribution in [0, 0.1) is 6.92 Å². The van der Waals surface area contributed by atoms with E-state index in [1.54, 1.807) is 0 Å². The zero-order valence-corrected chi connectivity index (χ0v) is 13.3. The summed E-state index contributed by atoms with van der Waals surface area (Å²) < 4.78 is 0. The molecular weight excluding hydrogens is 274 g/mol. The highest BCUT2D eigenvalue weighted by molar-refractivity contribution is 5.72. The second-order valence-corrected chi connectivity index (χ2v) is 5.47. The molecule has 0 heterocycles. The molecule has 1 amide bonds. The van der Waals surface area contributed by atoms with Crippen molar-refractivity contribution in [1.82, 2.24) is 5.06 Å². The molecule has 0 N–H and O–H groups in total. The standard InChI is InChI=1S/C19H23NO2/c1-16-8-6-11-19(14-16)15-20(17(2)21)22-13-7-12-18-9-4-3-5-10-18/h3-6,8-11,14H,7,12-13,15H2,1-2H3. The highest BCUT2D eigenvalue weighted by Crippen LogP contribution is 2.09. The van der Waals surface area contributed by atoms with Gasteiger partial charge in [0.2, 0.25) is 5.91 Å². The van der Waals surface area contributed by atoms with Crippen molar-refractivity contribution in [3.05, 3.63) is 71.3 Å². The lowest BCUT2D eigenvalue weighted by atomic mass is 10.1. The summed E-state index contributed by atoms with van der Waals surface area (Å²) in [6.07, 6.45) is 1.85. The van der Waals surface area contributed by atoms with Crippen molar-refractivity contribution >= 4 is 5.91 Å². The monoisotopic (exact) mass is 297 g/mol. The molecule has 2 aromatic carbocycles. The van der Waals surface area contributed by atoms with Crippen molar-refractivity contribution in [3.63, 3.8) is 0 Å². The second-order valence-electron chi connectivity index (χ2n) is 5.47. The molecule has 0 saturated carbocycles. The predicted molar refractivity (Wildman–Crippen MR) is 88.1 cm³/mol. The topological polar surface area (TPSA) is 29.5 Å². The number of hydrogen-bond acceptors (Lipinski definition) is 2. The predicted octanol–water partition coefficient (Wildman–Crippen LogP) is 3.91. The Labute approximate surface area is 132 Å². The van der Waals surface area contributed by atoms with Crippen LogP contribution < -0.4 is 0 Å². The van der Waals surface area contributed by atoms with Crippen LogP contribution in [0.15, 0.2) is 54.6 Å². The average molecular weight is 297 g/mol. The number of aryl methyl sites for hydroxylation is 2. The molecule has 0 radical (unpaired) electrons. The van der Waals surface area contributed by atoms with Gasteiger partial charge in [0.25, 0.3) is 0 Å². The van der Waals surface area contributed by atoms with Crippen molar-refractivity contribution in [2.45, 2.75) is 33.2 Å². The maximum atomic E-state index is 11.7. The Morgan fingerprint density at radius 2 is 1.77 bits per heavy atom. The molecule has 2 aromatic rings. The van der Waals surface area contributed by atoms with Gasteiger partial charge in [-0.1, -0.05) is 60.2 Å². The first kappa shape index (κ1) is 16.2. The molecule has 0 aliphatic rings. The third-order valence-electron chi connectivity index (χ3n) is 3.46. The Balaban J connectivity index is 1.80. The quantitative estimate of drug-likeness (QED) is 0.573. The summed E-state index contributed by atoms with van der Waals surface area (Å²) in [5.41, 5.74) is 3.56. The average Bonchev–Trinajstić information content (AvgIpc) is 2.51. The second kappa shape index (κ2) is 8.35. The lowest BCUT2D eigenvalue weighted by Gasteiger charge is -2.20.